The summed E-state index contributed by atoms with van der Waals surface area (Å²) >= 11 is 0. The molecule has 0 N–H and O–H groups in total. The fourth-order valence-electron chi connectivity index (χ4n) is 4.22. The molecule has 0 saturated carbocycles. The molecule has 10 heteroatoms. The van der Waals surface area contributed by atoms with E-state index in [1.54, 1.807) is 9.58 Å². The number of hydrogen-bond donors (Lipinski definition) is 0. The van der Waals surface area contributed by atoms with Gasteiger partial charge in [0.2, 0.25) is 0 Å². The minimum Gasteiger partial charge on any atom is -0.338 e. The lowest BCUT2D eigenvalue weighted by Crippen LogP contribution is -2.65. The van der Waals surface area contributed by atoms with Crippen LogP contribution in [-0.4, -0.2) is 57.8 Å². The second-order valence-corrected chi connectivity index (χ2v) is 7.92. The van der Waals surface area contributed by atoms with Gasteiger partial charge in [0.25, 0.3) is 5.91 Å². The predicted molar refractivity (Wildman–Crippen MR) is 105 cm³/mol. The van der Waals surface area contributed by atoms with Crippen LogP contribution in [0.3, 0.4) is 0 Å². The molecule has 31 heavy (non-hydrogen) atoms. The van der Waals surface area contributed by atoms with E-state index < -0.39 is 23.4 Å². The molecule has 0 unspecified atom stereocenters. The standard InChI is InChI=1S/C21H23F3N4O3/c1-3-28-14(2)17(12-25-28)18(29)26-10-8-20(9-11-26)13-27(19(30)21(23,24)31-20)16-6-4-15(22)5-7-16/h4-7,12H,3,8-11,13H2,1-2H3. The van der Waals surface area contributed by atoms with Crippen LogP contribution in [0.4, 0.5) is 18.9 Å². The summed E-state index contributed by atoms with van der Waals surface area (Å²) in [7, 11) is 0. The van der Waals surface area contributed by atoms with Crippen LogP contribution < -0.4 is 4.90 Å². The smallest absolute Gasteiger partial charge is 0.338 e. The van der Waals surface area contributed by atoms with Crippen molar-refractivity contribution in [3.8, 4) is 0 Å². The van der Waals surface area contributed by atoms with Gasteiger partial charge in [-0.1, -0.05) is 0 Å². The maximum absolute atomic E-state index is 14.5. The lowest BCUT2D eigenvalue weighted by molar-refractivity contribution is -0.292. The molecule has 1 aromatic carbocycles. The fraction of sp³-hybridized carbons (Fsp3) is 0.476. The van der Waals surface area contributed by atoms with Crippen molar-refractivity contribution in [2.45, 2.75) is 44.9 Å². The summed E-state index contributed by atoms with van der Waals surface area (Å²) < 4.78 is 48.9. The molecule has 1 spiro atoms. The van der Waals surface area contributed by atoms with Crippen molar-refractivity contribution < 1.29 is 27.5 Å². The molecule has 7 nitrogen and oxygen atoms in total. The van der Waals surface area contributed by atoms with Crippen molar-refractivity contribution in [3.05, 3.63) is 47.5 Å². The summed E-state index contributed by atoms with van der Waals surface area (Å²) in [4.78, 5) is 27.7. The van der Waals surface area contributed by atoms with E-state index in [1.807, 2.05) is 13.8 Å². The Balaban J connectivity index is 1.52. The highest BCUT2D eigenvalue weighted by atomic mass is 19.3. The number of alkyl halides is 2. The van der Waals surface area contributed by atoms with E-state index in [9.17, 15) is 22.8 Å². The first kappa shape index (κ1) is 21.4. The van der Waals surface area contributed by atoms with Crippen molar-refractivity contribution in [3.63, 3.8) is 0 Å². The molecule has 2 saturated heterocycles. The third-order valence-electron chi connectivity index (χ3n) is 6.02. The van der Waals surface area contributed by atoms with Crippen LogP contribution in [0.2, 0.25) is 0 Å². The SMILES string of the molecule is CCn1ncc(C(=O)N2CCC3(CC2)CN(c2ccc(F)cc2)C(=O)C(F)(F)O3)c1C. The Kier molecular flexibility index (Phi) is 5.28. The molecule has 4 rings (SSSR count). The van der Waals surface area contributed by atoms with E-state index in [1.165, 1.54) is 18.3 Å². The van der Waals surface area contributed by atoms with Crippen molar-refractivity contribution in [1.82, 2.24) is 14.7 Å². The number of benzene rings is 1. The van der Waals surface area contributed by atoms with Gasteiger partial charge in [0, 0.05) is 31.0 Å². The molecule has 0 bridgehead atoms. The third kappa shape index (κ3) is 3.80. The van der Waals surface area contributed by atoms with Gasteiger partial charge in [-0.2, -0.15) is 13.9 Å². The quantitative estimate of drug-likeness (QED) is 0.742. The lowest BCUT2D eigenvalue weighted by atomic mass is 9.88. The highest BCUT2D eigenvalue weighted by molar-refractivity contribution is 5.98. The first-order chi connectivity index (χ1) is 14.7. The molecule has 0 atom stereocenters. The van der Waals surface area contributed by atoms with Gasteiger partial charge in [-0.25, -0.2) is 4.39 Å². The number of anilines is 1. The summed E-state index contributed by atoms with van der Waals surface area (Å²) in [5.74, 6) is -2.22. The molecule has 2 fully saturated rings. The third-order valence-corrected chi connectivity index (χ3v) is 6.02. The number of rotatable bonds is 3. The lowest BCUT2D eigenvalue weighted by Gasteiger charge is -2.48. The van der Waals surface area contributed by atoms with Gasteiger partial charge < -0.3 is 14.5 Å². The molecule has 166 valence electrons. The number of hydrogen-bond acceptors (Lipinski definition) is 4. The van der Waals surface area contributed by atoms with Crippen molar-refractivity contribution in [2.24, 2.45) is 0 Å². The van der Waals surface area contributed by atoms with Crippen LogP contribution in [0.5, 0.6) is 0 Å². The Morgan fingerprint density at radius 2 is 1.84 bits per heavy atom. The Bertz CT molecular complexity index is 998. The molecule has 1 aromatic heterocycles. The molecular formula is C21H23F3N4O3. The van der Waals surface area contributed by atoms with E-state index in [2.05, 4.69) is 5.10 Å². The summed E-state index contributed by atoms with van der Waals surface area (Å²) in [5.41, 5.74) is 0.109. The zero-order valence-corrected chi connectivity index (χ0v) is 17.3. The van der Waals surface area contributed by atoms with Crippen LogP contribution >= 0.6 is 0 Å². The monoisotopic (exact) mass is 436 g/mol. The number of amides is 2. The van der Waals surface area contributed by atoms with E-state index in [0.29, 0.717) is 12.1 Å². The maximum Gasteiger partial charge on any atom is 0.437 e. The van der Waals surface area contributed by atoms with Gasteiger partial charge >= 0.3 is 12.0 Å². The number of carbonyl (C=O) groups is 2. The first-order valence-corrected chi connectivity index (χ1v) is 10.1. The van der Waals surface area contributed by atoms with Crippen LogP contribution in [0.1, 0.15) is 35.8 Å². The summed E-state index contributed by atoms with van der Waals surface area (Å²) in [6.07, 6.45) is -2.20. The van der Waals surface area contributed by atoms with E-state index >= 15 is 0 Å². The Morgan fingerprint density at radius 3 is 2.42 bits per heavy atom. The fourth-order valence-corrected chi connectivity index (χ4v) is 4.22. The number of aryl methyl sites for hydroxylation is 1. The second kappa shape index (κ2) is 7.67. The largest absolute Gasteiger partial charge is 0.437 e. The van der Waals surface area contributed by atoms with Crippen LogP contribution in [0.15, 0.2) is 30.5 Å². The van der Waals surface area contributed by atoms with Crippen LogP contribution in [0, 0.1) is 12.7 Å². The van der Waals surface area contributed by atoms with Gasteiger partial charge in [0.05, 0.1) is 23.9 Å². The zero-order valence-electron chi connectivity index (χ0n) is 17.3. The number of carbonyl (C=O) groups excluding carboxylic acids is 2. The molecule has 2 aliphatic heterocycles. The Labute approximate surface area is 177 Å². The van der Waals surface area contributed by atoms with Crippen molar-refractivity contribution >= 4 is 17.5 Å². The average molecular weight is 436 g/mol. The highest BCUT2D eigenvalue weighted by Crippen LogP contribution is 2.40. The van der Waals surface area contributed by atoms with Gasteiger partial charge in [-0.3, -0.25) is 14.3 Å². The molecular weight excluding hydrogens is 413 g/mol. The highest BCUT2D eigenvalue weighted by Gasteiger charge is 2.57. The van der Waals surface area contributed by atoms with Gasteiger partial charge in [0.1, 0.15) is 5.82 Å². The number of halogens is 3. The number of nitrogens with zero attached hydrogens (tertiary/aromatic N) is 4. The number of ether oxygens (including phenoxy) is 1. The summed E-state index contributed by atoms with van der Waals surface area (Å²) in [6, 6.07) is 4.80. The number of piperidine rings is 1. The minimum absolute atomic E-state index is 0.0954. The van der Waals surface area contributed by atoms with Crippen molar-refractivity contribution in [2.75, 3.05) is 24.5 Å². The first-order valence-electron chi connectivity index (χ1n) is 10.1. The molecule has 2 aromatic rings. The number of morpholine rings is 1. The van der Waals surface area contributed by atoms with E-state index in [-0.39, 0.29) is 44.1 Å². The predicted octanol–water partition coefficient (Wildman–Crippen LogP) is 2.98. The van der Waals surface area contributed by atoms with Crippen LogP contribution in [-0.2, 0) is 16.1 Å². The topological polar surface area (TPSA) is 67.7 Å². The summed E-state index contributed by atoms with van der Waals surface area (Å²) in [6.45, 7) is 4.69. The zero-order chi connectivity index (χ0) is 22.4. The van der Waals surface area contributed by atoms with Crippen molar-refractivity contribution in [1.29, 1.82) is 0 Å². The average Bonchev–Trinajstić information content (AvgIpc) is 3.12. The minimum atomic E-state index is -4.00. The molecule has 2 amide bonds. The van der Waals surface area contributed by atoms with Crippen LogP contribution in [0.25, 0.3) is 0 Å². The second-order valence-electron chi connectivity index (χ2n) is 7.92. The number of likely N-dealkylation sites (tertiary alicyclic amines) is 1. The summed E-state index contributed by atoms with van der Waals surface area (Å²) in [5, 5.41) is 4.18. The molecule has 0 aliphatic carbocycles. The Morgan fingerprint density at radius 1 is 1.19 bits per heavy atom. The van der Waals surface area contributed by atoms with E-state index in [0.717, 1.165) is 22.7 Å². The molecule has 2 aliphatic rings. The molecule has 0 radical (unpaired) electrons. The van der Waals surface area contributed by atoms with Gasteiger partial charge in [-0.05, 0) is 51.0 Å². The van der Waals surface area contributed by atoms with Gasteiger partial charge in [0.15, 0.2) is 0 Å². The normalized spacial score (nSPS) is 20.4. The van der Waals surface area contributed by atoms with E-state index in [4.69, 9.17) is 4.74 Å². The van der Waals surface area contributed by atoms with Gasteiger partial charge in [-0.15, -0.1) is 0 Å². The molecule has 3 heterocycles. The maximum atomic E-state index is 14.5. The number of aromatic nitrogens is 2. The Hall–Kier alpha value is -2.88.